The predicted molar refractivity (Wildman–Crippen MR) is 59.5 cm³/mol. The van der Waals surface area contributed by atoms with Gasteiger partial charge in [-0.15, -0.1) is 0 Å². The maximum atomic E-state index is 9.25. The van der Waals surface area contributed by atoms with Crippen LogP contribution in [0.3, 0.4) is 0 Å². The minimum Gasteiger partial charge on any atom is -0.394 e. The van der Waals surface area contributed by atoms with Gasteiger partial charge < -0.3 is 20.1 Å². The van der Waals surface area contributed by atoms with E-state index in [1.807, 2.05) is 23.0 Å². The largest absolute Gasteiger partial charge is 0.394 e. The molecule has 0 bridgehead atoms. The highest BCUT2D eigenvalue weighted by Crippen LogP contribution is 2.02. The molecule has 0 radical (unpaired) electrons. The first-order valence-corrected chi connectivity index (χ1v) is 5.40. The summed E-state index contributed by atoms with van der Waals surface area (Å²) < 4.78 is 1.89. The van der Waals surface area contributed by atoms with Crippen LogP contribution < -0.4 is 5.32 Å². The minimum atomic E-state index is -0.672. The van der Waals surface area contributed by atoms with Crippen LogP contribution in [0.1, 0.15) is 18.9 Å². The first-order valence-electron chi connectivity index (χ1n) is 5.40. The molecule has 0 aliphatic carbocycles. The summed E-state index contributed by atoms with van der Waals surface area (Å²) in [5.41, 5.74) is 1.20. The van der Waals surface area contributed by atoms with Crippen molar-refractivity contribution >= 4 is 0 Å². The van der Waals surface area contributed by atoms with Crippen molar-refractivity contribution in [1.29, 1.82) is 0 Å². The number of hydrogen-bond acceptors (Lipinski definition) is 3. The van der Waals surface area contributed by atoms with E-state index in [4.69, 9.17) is 5.11 Å². The highest BCUT2D eigenvalue weighted by molar-refractivity contribution is 5.09. The third-order valence-electron chi connectivity index (χ3n) is 2.20. The van der Waals surface area contributed by atoms with Gasteiger partial charge in [0.05, 0.1) is 19.3 Å². The van der Waals surface area contributed by atoms with Gasteiger partial charge in [0.15, 0.2) is 0 Å². The lowest BCUT2D eigenvalue weighted by molar-refractivity contribution is 0.0813. The highest BCUT2D eigenvalue weighted by Gasteiger charge is 2.03. The first-order chi connectivity index (χ1) is 7.26. The fourth-order valence-corrected chi connectivity index (χ4v) is 1.42. The van der Waals surface area contributed by atoms with E-state index in [-0.39, 0.29) is 6.61 Å². The molecule has 0 aliphatic heterocycles. The molecule has 1 aromatic rings. The van der Waals surface area contributed by atoms with Crippen molar-refractivity contribution in [1.82, 2.24) is 9.88 Å². The van der Waals surface area contributed by atoms with Crippen LogP contribution in [0.15, 0.2) is 18.5 Å². The Labute approximate surface area is 90.5 Å². The molecule has 3 N–H and O–H groups in total. The van der Waals surface area contributed by atoms with Gasteiger partial charge in [-0.3, -0.25) is 0 Å². The van der Waals surface area contributed by atoms with Gasteiger partial charge in [-0.05, 0) is 24.6 Å². The van der Waals surface area contributed by atoms with Crippen molar-refractivity contribution in [3.05, 3.63) is 24.0 Å². The fraction of sp³-hybridized carbons (Fsp3) is 0.636. The molecule has 0 saturated heterocycles. The maximum absolute atomic E-state index is 9.25. The third kappa shape index (κ3) is 4.46. The van der Waals surface area contributed by atoms with E-state index in [2.05, 4.69) is 12.2 Å². The lowest BCUT2D eigenvalue weighted by Gasteiger charge is -2.07. The normalized spacial score (nSPS) is 13.0. The topological polar surface area (TPSA) is 57.4 Å². The maximum Gasteiger partial charge on any atom is 0.0949 e. The van der Waals surface area contributed by atoms with Gasteiger partial charge in [-0.2, -0.15) is 0 Å². The summed E-state index contributed by atoms with van der Waals surface area (Å²) in [6.45, 7) is 4.27. The second-order valence-electron chi connectivity index (χ2n) is 3.73. The van der Waals surface area contributed by atoms with Crippen LogP contribution in [0.4, 0.5) is 0 Å². The number of rotatable bonds is 7. The first kappa shape index (κ1) is 12.2. The van der Waals surface area contributed by atoms with E-state index in [9.17, 15) is 5.11 Å². The van der Waals surface area contributed by atoms with Crippen molar-refractivity contribution in [2.45, 2.75) is 32.5 Å². The SMILES string of the molecule is CCCNCc1ccn(CC(O)CO)c1. The molecule has 0 saturated carbocycles. The molecule has 0 aromatic carbocycles. The van der Waals surface area contributed by atoms with Crippen molar-refractivity contribution < 1.29 is 10.2 Å². The van der Waals surface area contributed by atoms with Crippen LogP contribution in [0, 0.1) is 0 Å². The van der Waals surface area contributed by atoms with E-state index in [0.717, 1.165) is 19.5 Å². The number of aliphatic hydroxyl groups excluding tert-OH is 2. The van der Waals surface area contributed by atoms with Crippen LogP contribution in [0.25, 0.3) is 0 Å². The van der Waals surface area contributed by atoms with E-state index in [0.29, 0.717) is 6.54 Å². The van der Waals surface area contributed by atoms with Crippen molar-refractivity contribution in [2.24, 2.45) is 0 Å². The van der Waals surface area contributed by atoms with Crippen LogP contribution in [0.2, 0.25) is 0 Å². The van der Waals surface area contributed by atoms with Crippen LogP contribution in [0.5, 0.6) is 0 Å². The Bertz CT molecular complexity index is 273. The Hall–Kier alpha value is -0.840. The van der Waals surface area contributed by atoms with E-state index in [1.54, 1.807) is 0 Å². The number of aromatic nitrogens is 1. The Morgan fingerprint density at radius 3 is 3.00 bits per heavy atom. The minimum absolute atomic E-state index is 0.193. The molecule has 1 aromatic heterocycles. The monoisotopic (exact) mass is 212 g/mol. The third-order valence-corrected chi connectivity index (χ3v) is 2.20. The Morgan fingerprint density at radius 2 is 2.33 bits per heavy atom. The number of nitrogens with one attached hydrogen (secondary N) is 1. The zero-order valence-corrected chi connectivity index (χ0v) is 9.19. The zero-order chi connectivity index (χ0) is 11.1. The number of hydrogen-bond donors (Lipinski definition) is 3. The number of nitrogens with zero attached hydrogens (tertiary/aromatic N) is 1. The summed E-state index contributed by atoms with van der Waals surface area (Å²) >= 11 is 0. The average Bonchev–Trinajstić information content (AvgIpc) is 2.66. The quantitative estimate of drug-likeness (QED) is 0.571. The van der Waals surface area contributed by atoms with Crippen LogP contribution in [-0.2, 0) is 13.1 Å². The summed E-state index contributed by atoms with van der Waals surface area (Å²) in [4.78, 5) is 0. The summed E-state index contributed by atoms with van der Waals surface area (Å²) in [6.07, 6.45) is 4.36. The Kier molecular flexibility index (Phi) is 5.39. The molecule has 0 amide bonds. The van der Waals surface area contributed by atoms with Crippen LogP contribution in [-0.4, -0.2) is 34.0 Å². The fourth-order valence-electron chi connectivity index (χ4n) is 1.42. The molecular formula is C11H20N2O2. The zero-order valence-electron chi connectivity index (χ0n) is 9.19. The molecule has 1 atom stereocenters. The standard InChI is InChI=1S/C11H20N2O2/c1-2-4-12-6-10-3-5-13(7-10)8-11(15)9-14/h3,5,7,11-12,14-15H,2,4,6,8-9H2,1H3. The average molecular weight is 212 g/mol. The lowest BCUT2D eigenvalue weighted by Crippen LogP contribution is -2.19. The van der Waals surface area contributed by atoms with Gasteiger partial charge in [-0.25, -0.2) is 0 Å². The highest BCUT2D eigenvalue weighted by atomic mass is 16.3. The summed E-state index contributed by atoms with van der Waals surface area (Å²) in [6, 6.07) is 2.02. The molecule has 0 fully saturated rings. The number of aliphatic hydroxyl groups is 2. The predicted octanol–water partition coefficient (Wildman–Crippen LogP) is 0.341. The summed E-state index contributed by atoms with van der Waals surface area (Å²) in [5.74, 6) is 0. The van der Waals surface area contributed by atoms with E-state index >= 15 is 0 Å². The van der Waals surface area contributed by atoms with Gasteiger partial charge in [-0.1, -0.05) is 6.92 Å². The molecule has 0 spiro atoms. The Morgan fingerprint density at radius 1 is 1.53 bits per heavy atom. The second-order valence-corrected chi connectivity index (χ2v) is 3.73. The molecule has 1 rings (SSSR count). The van der Waals surface area contributed by atoms with Gasteiger partial charge >= 0.3 is 0 Å². The molecule has 86 valence electrons. The van der Waals surface area contributed by atoms with E-state index in [1.165, 1.54) is 5.56 Å². The van der Waals surface area contributed by atoms with Crippen LogP contribution >= 0.6 is 0 Å². The molecule has 15 heavy (non-hydrogen) atoms. The molecule has 4 nitrogen and oxygen atoms in total. The second kappa shape index (κ2) is 6.61. The molecule has 0 aliphatic rings. The van der Waals surface area contributed by atoms with Gasteiger partial charge in [0.25, 0.3) is 0 Å². The van der Waals surface area contributed by atoms with Crippen molar-refractivity contribution in [3.8, 4) is 0 Å². The molecule has 4 heteroatoms. The lowest BCUT2D eigenvalue weighted by atomic mass is 10.3. The van der Waals surface area contributed by atoms with Crippen molar-refractivity contribution in [3.63, 3.8) is 0 Å². The molecular weight excluding hydrogens is 192 g/mol. The van der Waals surface area contributed by atoms with E-state index < -0.39 is 6.10 Å². The van der Waals surface area contributed by atoms with Gasteiger partial charge in [0.1, 0.15) is 0 Å². The van der Waals surface area contributed by atoms with Crippen molar-refractivity contribution in [2.75, 3.05) is 13.2 Å². The molecule has 1 unspecified atom stereocenters. The summed E-state index contributed by atoms with van der Waals surface area (Å²) in [7, 11) is 0. The van der Waals surface area contributed by atoms with Gasteiger partial charge in [0.2, 0.25) is 0 Å². The smallest absolute Gasteiger partial charge is 0.0949 e. The summed E-state index contributed by atoms with van der Waals surface area (Å²) in [5, 5.41) is 21.3. The Balaban J connectivity index is 2.35. The molecule has 1 heterocycles. The van der Waals surface area contributed by atoms with Gasteiger partial charge in [0, 0.05) is 18.9 Å².